The maximum absolute atomic E-state index is 11.6. The van der Waals surface area contributed by atoms with Crippen molar-refractivity contribution < 1.29 is 8.42 Å². The standard InChI is InChI=1S/C12H18ClNO2S/c1-2-3-9-17(15,16)10-8-14-12-6-4-11(13)5-7-12/h4-7,14H,2-3,8-10H2,1H3. The molecule has 0 saturated heterocycles. The highest BCUT2D eigenvalue weighted by Crippen LogP contribution is 2.13. The van der Waals surface area contributed by atoms with E-state index in [9.17, 15) is 8.42 Å². The minimum absolute atomic E-state index is 0.176. The molecular weight excluding hydrogens is 258 g/mol. The summed E-state index contributed by atoms with van der Waals surface area (Å²) in [7, 11) is -2.91. The SMILES string of the molecule is CCCCS(=O)(=O)CCNc1ccc(Cl)cc1. The van der Waals surface area contributed by atoms with Gasteiger partial charge in [0.2, 0.25) is 0 Å². The van der Waals surface area contributed by atoms with Gasteiger partial charge in [0.15, 0.2) is 9.84 Å². The Balaban J connectivity index is 2.34. The highest BCUT2D eigenvalue weighted by atomic mass is 35.5. The van der Waals surface area contributed by atoms with Crippen molar-refractivity contribution in [3.8, 4) is 0 Å². The fraction of sp³-hybridized carbons (Fsp3) is 0.500. The molecule has 0 unspecified atom stereocenters. The summed E-state index contributed by atoms with van der Waals surface area (Å²) in [6, 6.07) is 7.22. The topological polar surface area (TPSA) is 46.2 Å². The molecule has 0 atom stereocenters. The van der Waals surface area contributed by atoms with Crippen LogP contribution in [0.1, 0.15) is 19.8 Å². The Bertz CT molecular complexity index is 428. The van der Waals surface area contributed by atoms with Crippen LogP contribution in [0.2, 0.25) is 5.02 Å². The normalized spacial score (nSPS) is 11.4. The molecule has 3 nitrogen and oxygen atoms in total. The van der Waals surface area contributed by atoms with Crippen LogP contribution in [0.25, 0.3) is 0 Å². The molecule has 1 aromatic carbocycles. The molecule has 0 fully saturated rings. The van der Waals surface area contributed by atoms with Crippen molar-refractivity contribution in [1.82, 2.24) is 0 Å². The molecular formula is C12H18ClNO2S. The van der Waals surface area contributed by atoms with Gasteiger partial charge in [-0.05, 0) is 30.7 Å². The summed E-state index contributed by atoms with van der Waals surface area (Å²) < 4.78 is 23.1. The Labute approximate surface area is 108 Å². The van der Waals surface area contributed by atoms with Gasteiger partial charge in [0, 0.05) is 17.3 Å². The third kappa shape index (κ3) is 5.94. The van der Waals surface area contributed by atoms with Crippen LogP contribution in [0.4, 0.5) is 5.69 Å². The molecule has 0 saturated carbocycles. The molecule has 1 N–H and O–H groups in total. The van der Waals surface area contributed by atoms with E-state index in [1.165, 1.54) is 0 Å². The molecule has 0 aliphatic heterocycles. The van der Waals surface area contributed by atoms with Gasteiger partial charge in [-0.15, -0.1) is 0 Å². The molecule has 5 heteroatoms. The zero-order valence-electron chi connectivity index (χ0n) is 9.95. The van der Waals surface area contributed by atoms with E-state index in [0.717, 1.165) is 18.5 Å². The van der Waals surface area contributed by atoms with Gasteiger partial charge in [0.25, 0.3) is 0 Å². The lowest BCUT2D eigenvalue weighted by atomic mass is 10.3. The number of nitrogens with one attached hydrogen (secondary N) is 1. The van der Waals surface area contributed by atoms with Crippen LogP contribution >= 0.6 is 11.6 Å². The van der Waals surface area contributed by atoms with Crippen LogP contribution < -0.4 is 5.32 Å². The maximum atomic E-state index is 11.6. The summed E-state index contributed by atoms with van der Waals surface area (Å²) in [6.45, 7) is 2.43. The quantitative estimate of drug-likeness (QED) is 0.832. The summed E-state index contributed by atoms with van der Waals surface area (Å²) in [6.07, 6.45) is 1.65. The number of benzene rings is 1. The second-order valence-electron chi connectivity index (χ2n) is 3.94. The van der Waals surface area contributed by atoms with Crippen molar-refractivity contribution in [2.75, 3.05) is 23.4 Å². The molecule has 0 aliphatic carbocycles. The lowest BCUT2D eigenvalue weighted by molar-refractivity contribution is 0.593. The smallest absolute Gasteiger partial charge is 0.152 e. The Morgan fingerprint density at radius 2 is 1.82 bits per heavy atom. The van der Waals surface area contributed by atoms with Crippen molar-refractivity contribution >= 4 is 27.1 Å². The van der Waals surface area contributed by atoms with E-state index in [4.69, 9.17) is 11.6 Å². The molecule has 0 heterocycles. The van der Waals surface area contributed by atoms with Crippen LogP contribution in [-0.4, -0.2) is 26.5 Å². The predicted molar refractivity (Wildman–Crippen MR) is 73.5 cm³/mol. The van der Waals surface area contributed by atoms with Crippen LogP contribution in [0.15, 0.2) is 24.3 Å². The van der Waals surface area contributed by atoms with E-state index in [1.807, 2.05) is 19.1 Å². The molecule has 0 radical (unpaired) electrons. The molecule has 0 aromatic heterocycles. The number of anilines is 1. The summed E-state index contributed by atoms with van der Waals surface area (Å²) in [5.41, 5.74) is 0.889. The van der Waals surface area contributed by atoms with Crippen molar-refractivity contribution in [2.45, 2.75) is 19.8 Å². The molecule has 1 aromatic rings. The van der Waals surface area contributed by atoms with Crippen molar-refractivity contribution in [1.29, 1.82) is 0 Å². The second-order valence-corrected chi connectivity index (χ2v) is 6.68. The lowest BCUT2D eigenvalue weighted by Crippen LogP contribution is -2.18. The van der Waals surface area contributed by atoms with E-state index in [0.29, 0.717) is 11.6 Å². The zero-order chi connectivity index (χ0) is 12.7. The van der Waals surface area contributed by atoms with Crippen LogP contribution in [0.3, 0.4) is 0 Å². The fourth-order valence-corrected chi connectivity index (χ4v) is 2.86. The predicted octanol–water partition coefficient (Wildman–Crippen LogP) is 2.97. The fourth-order valence-electron chi connectivity index (χ4n) is 1.38. The second kappa shape index (κ2) is 6.87. The van der Waals surface area contributed by atoms with Gasteiger partial charge in [0.05, 0.1) is 11.5 Å². The molecule has 0 spiro atoms. The van der Waals surface area contributed by atoms with Gasteiger partial charge in [0.1, 0.15) is 0 Å². The van der Waals surface area contributed by atoms with Crippen LogP contribution in [0.5, 0.6) is 0 Å². The Morgan fingerprint density at radius 1 is 1.18 bits per heavy atom. The van der Waals surface area contributed by atoms with Gasteiger partial charge in [-0.25, -0.2) is 8.42 Å². The summed E-state index contributed by atoms with van der Waals surface area (Å²) >= 11 is 5.75. The maximum Gasteiger partial charge on any atom is 0.152 e. The third-order valence-corrected chi connectivity index (χ3v) is 4.38. The summed E-state index contributed by atoms with van der Waals surface area (Å²) in [5, 5.41) is 3.74. The van der Waals surface area contributed by atoms with Crippen LogP contribution in [-0.2, 0) is 9.84 Å². The number of hydrogen-bond acceptors (Lipinski definition) is 3. The van der Waals surface area contributed by atoms with Gasteiger partial charge >= 0.3 is 0 Å². The first kappa shape index (κ1) is 14.3. The summed E-state index contributed by atoms with van der Waals surface area (Å²) in [5.74, 6) is 0.460. The molecule has 17 heavy (non-hydrogen) atoms. The molecule has 1 rings (SSSR count). The van der Waals surface area contributed by atoms with Crippen LogP contribution in [0, 0.1) is 0 Å². The van der Waals surface area contributed by atoms with Crippen molar-refractivity contribution in [2.24, 2.45) is 0 Å². The zero-order valence-corrected chi connectivity index (χ0v) is 11.5. The monoisotopic (exact) mass is 275 g/mol. The average molecular weight is 276 g/mol. The molecule has 0 bridgehead atoms. The van der Waals surface area contributed by atoms with E-state index in [1.54, 1.807) is 12.1 Å². The number of hydrogen-bond donors (Lipinski definition) is 1. The highest BCUT2D eigenvalue weighted by molar-refractivity contribution is 7.91. The van der Waals surface area contributed by atoms with Gasteiger partial charge in [-0.1, -0.05) is 24.9 Å². The Kier molecular flexibility index (Phi) is 5.78. The minimum Gasteiger partial charge on any atom is -0.384 e. The Hall–Kier alpha value is -0.740. The first-order valence-electron chi connectivity index (χ1n) is 5.73. The largest absolute Gasteiger partial charge is 0.384 e. The van der Waals surface area contributed by atoms with Gasteiger partial charge < -0.3 is 5.32 Å². The minimum atomic E-state index is -2.91. The van der Waals surface area contributed by atoms with Gasteiger partial charge in [-0.3, -0.25) is 0 Å². The number of unbranched alkanes of at least 4 members (excludes halogenated alkanes) is 1. The highest BCUT2D eigenvalue weighted by Gasteiger charge is 2.08. The van der Waals surface area contributed by atoms with Gasteiger partial charge in [-0.2, -0.15) is 0 Å². The van der Waals surface area contributed by atoms with E-state index in [2.05, 4.69) is 5.32 Å². The van der Waals surface area contributed by atoms with Crippen molar-refractivity contribution in [3.05, 3.63) is 29.3 Å². The average Bonchev–Trinajstić information content (AvgIpc) is 2.29. The van der Waals surface area contributed by atoms with E-state index < -0.39 is 9.84 Å². The molecule has 0 aliphatic rings. The molecule has 0 amide bonds. The lowest BCUT2D eigenvalue weighted by Gasteiger charge is -2.07. The van der Waals surface area contributed by atoms with Crippen molar-refractivity contribution in [3.63, 3.8) is 0 Å². The summed E-state index contributed by atoms with van der Waals surface area (Å²) in [4.78, 5) is 0. The number of rotatable bonds is 7. The first-order valence-corrected chi connectivity index (χ1v) is 7.93. The Morgan fingerprint density at radius 3 is 2.41 bits per heavy atom. The first-order chi connectivity index (χ1) is 8.03. The number of halogens is 1. The van der Waals surface area contributed by atoms with E-state index in [-0.39, 0.29) is 11.5 Å². The molecule has 96 valence electrons. The van der Waals surface area contributed by atoms with E-state index >= 15 is 0 Å². The third-order valence-electron chi connectivity index (χ3n) is 2.40. The number of sulfone groups is 1.